The second-order valence-electron chi connectivity index (χ2n) is 5.29. The van der Waals surface area contributed by atoms with Crippen molar-refractivity contribution in [2.75, 3.05) is 45.8 Å². The van der Waals surface area contributed by atoms with Crippen LogP contribution in [0, 0.1) is 5.92 Å². The molecule has 0 saturated carbocycles. The van der Waals surface area contributed by atoms with E-state index in [9.17, 15) is 4.79 Å². The van der Waals surface area contributed by atoms with Crippen molar-refractivity contribution in [1.82, 2.24) is 15.1 Å². The van der Waals surface area contributed by atoms with E-state index < -0.39 is 0 Å². The normalized spacial score (nSPS) is 27.5. The maximum Gasteiger partial charge on any atom is 0.222 e. The van der Waals surface area contributed by atoms with Gasteiger partial charge >= 0.3 is 0 Å². The highest BCUT2D eigenvalue weighted by atomic mass is 16.2. The molecule has 0 spiro atoms. The van der Waals surface area contributed by atoms with Crippen LogP contribution >= 0.6 is 0 Å². The van der Waals surface area contributed by atoms with Gasteiger partial charge in [-0.15, -0.1) is 0 Å². The van der Waals surface area contributed by atoms with Gasteiger partial charge in [-0.1, -0.05) is 6.92 Å². The Morgan fingerprint density at radius 2 is 2.06 bits per heavy atom. The summed E-state index contributed by atoms with van der Waals surface area (Å²) in [5.74, 6) is 0.965. The number of hydrogen-bond acceptors (Lipinski definition) is 3. The van der Waals surface area contributed by atoms with Crippen molar-refractivity contribution < 1.29 is 4.79 Å². The topological polar surface area (TPSA) is 35.6 Å². The van der Waals surface area contributed by atoms with Crippen LogP contribution in [0.15, 0.2) is 0 Å². The zero-order chi connectivity index (χ0) is 12.1. The van der Waals surface area contributed by atoms with Crippen molar-refractivity contribution in [2.45, 2.75) is 26.2 Å². The highest BCUT2D eigenvalue weighted by molar-refractivity contribution is 5.77. The number of hydrogen-bond donors (Lipinski definition) is 1. The lowest BCUT2D eigenvalue weighted by atomic mass is 9.95. The summed E-state index contributed by atoms with van der Waals surface area (Å²) in [6.07, 6.45) is 3.04. The Hall–Kier alpha value is -0.610. The molecule has 0 aromatic rings. The summed E-state index contributed by atoms with van der Waals surface area (Å²) >= 11 is 0. The maximum atomic E-state index is 11.9. The highest BCUT2D eigenvalue weighted by Gasteiger charge is 2.26. The Bertz CT molecular complexity index is 251. The molecule has 0 aromatic heterocycles. The van der Waals surface area contributed by atoms with Crippen molar-refractivity contribution in [3.05, 3.63) is 0 Å². The van der Waals surface area contributed by atoms with Crippen molar-refractivity contribution in [1.29, 1.82) is 0 Å². The summed E-state index contributed by atoms with van der Waals surface area (Å²) in [5.41, 5.74) is 0. The fraction of sp³-hybridized carbons (Fsp3) is 0.923. The summed E-state index contributed by atoms with van der Waals surface area (Å²) < 4.78 is 0. The van der Waals surface area contributed by atoms with Crippen LogP contribution in [0.25, 0.3) is 0 Å². The van der Waals surface area contributed by atoms with Gasteiger partial charge in [-0.05, 0) is 18.8 Å². The molecule has 0 radical (unpaired) electrons. The fourth-order valence-corrected chi connectivity index (χ4v) is 2.86. The van der Waals surface area contributed by atoms with Crippen LogP contribution in [-0.4, -0.2) is 61.5 Å². The Labute approximate surface area is 104 Å². The highest BCUT2D eigenvalue weighted by Crippen LogP contribution is 2.19. The van der Waals surface area contributed by atoms with Gasteiger partial charge in [0.25, 0.3) is 0 Å². The van der Waals surface area contributed by atoms with E-state index >= 15 is 0 Å². The molecule has 2 saturated heterocycles. The first-order valence-electron chi connectivity index (χ1n) is 7.00. The third-order valence-electron chi connectivity index (χ3n) is 3.84. The number of nitrogens with one attached hydrogen (secondary N) is 1. The quantitative estimate of drug-likeness (QED) is 0.778. The van der Waals surface area contributed by atoms with Crippen molar-refractivity contribution in [3.8, 4) is 0 Å². The molecule has 0 aromatic carbocycles. The van der Waals surface area contributed by atoms with E-state index in [-0.39, 0.29) is 0 Å². The second kappa shape index (κ2) is 6.36. The molecule has 1 unspecified atom stereocenters. The van der Waals surface area contributed by atoms with Crippen LogP contribution < -0.4 is 5.32 Å². The van der Waals surface area contributed by atoms with Gasteiger partial charge in [-0.25, -0.2) is 0 Å². The molecular weight excluding hydrogens is 214 g/mol. The Kier molecular flexibility index (Phi) is 4.80. The van der Waals surface area contributed by atoms with Gasteiger partial charge in [-0.3, -0.25) is 4.79 Å². The first-order chi connectivity index (χ1) is 8.29. The minimum atomic E-state index is 0.373. The maximum absolute atomic E-state index is 11.9. The average molecular weight is 239 g/mol. The molecule has 0 bridgehead atoms. The van der Waals surface area contributed by atoms with Crippen molar-refractivity contribution in [3.63, 3.8) is 0 Å². The molecule has 1 N–H and O–H groups in total. The van der Waals surface area contributed by atoms with Gasteiger partial charge in [0, 0.05) is 52.2 Å². The zero-order valence-electron chi connectivity index (χ0n) is 11.0. The Balaban J connectivity index is 1.74. The molecule has 0 aliphatic carbocycles. The average Bonchev–Trinajstić information content (AvgIpc) is 2.34. The first kappa shape index (κ1) is 12.8. The molecule has 2 aliphatic rings. The van der Waals surface area contributed by atoms with E-state index in [4.69, 9.17) is 0 Å². The fourth-order valence-electron chi connectivity index (χ4n) is 2.86. The first-order valence-corrected chi connectivity index (χ1v) is 7.00. The number of piperazine rings is 1. The summed E-state index contributed by atoms with van der Waals surface area (Å²) in [6, 6.07) is 0. The van der Waals surface area contributed by atoms with Crippen LogP contribution in [0.1, 0.15) is 26.2 Å². The molecule has 2 rings (SSSR count). The predicted octanol–water partition coefficient (Wildman–Crippen LogP) is 0.540. The van der Waals surface area contributed by atoms with Crippen LogP contribution in [0.4, 0.5) is 0 Å². The molecule has 17 heavy (non-hydrogen) atoms. The van der Waals surface area contributed by atoms with E-state index in [0.717, 1.165) is 58.7 Å². The smallest absolute Gasteiger partial charge is 0.222 e. The molecule has 1 amide bonds. The SMILES string of the molecule is CCCN1CCC(CN2CCNCC2)CC1=O. The minimum absolute atomic E-state index is 0.373. The summed E-state index contributed by atoms with van der Waals surface area (Å²) in [6.45, 7) is 9.66. The minimum Gasteiger partial charge on any atom is -0.343 e. The van der Waals surface area contributed by atoms with Crippen LogP contribution in [0.2, 0.25) is 0 Å². The van der Waals surface area contributed by atoms with E-state index in [1.165, 1.54) is 6.42 Å². The molecule has 2 aliphatic heterocycles. The number of carbonyl (C=O) groups is 1. The third kappa shape index (κ3) is 3.68. The van der Waals surface area contributed by atoms with Crippen LogP contribution in [0.3, 0.4) is 0 Å². The van der Waals surface area contributed by atoms with Gasteiger partial charge in [-0.2, -0.15) is 0 Å². The summed E-state index contributed by atoms with van der Waals surface area (Å²) in [5, 5.41) is 3.37. The van der Waals surface area contributed by atoms with Crippen molar-refractivity contribution >= 4 is 5.91 Å². The molecule has 2 heterocycles. The molecule has 4 nitrogen and oxygen atoms in total. The van der Waals surface area contributed by atoms with Crippen molar-refractivity contribution in [2.24, 2.45) is 5.92 Å². The van der Waals surface area contributed by atoms with Gasteiger partial charge < -0.3 is 15.1 Å². The van der Waals surface area contributed by atoms with Gasteiger partial charge in [0.05, 0.1) is 0 Å². The lowest BCUT2D eigenvalue weighted by Gasteiger charge is -2.35. The number of likely N-dealkylation sites (tertiary alicyclic amines) is 1. The monoisotopic (exact) mass is 239 g/mol. The van der Waals surface area contributed by atoms with E-state index in [2.05, 4.69) is 17.1 Å². The third-order valence-corrected chi connectivity index (χ3v) is 3.84. The number of nitrogens with zero attached hydrogens (tertiary/aromatic N) is 2. The van der Waals surface area contributed by atoms with Crippen LogP contribution in [0.5, 0.6) is 0 Å². The standard InChI is InChI=1S/C13H25N3O/c1-2-6-16-7-3-12(10-13(16)17)11-15-8-4-14-5-9-15/h12,14H,2-11H2,1H3. The number of carbonyl (C=O) groups excluding carboxylic acids is 1. The number of amides is 1. The predicted molar refractivity (Wildman–Crippen MR) is 68.9 cm³/mol. The molecule has 2 fully saturated rings. The molecule has 1 atom stereocenters. The van der Waals surface area contributed by atoms with Crippen LogP contribution in [-0.2, 0) is 4.79 Å². The summed E-state index contributed by atoms with van der Waals surface area (Å²) in [4.78, 5) is 16.5. The zero-order valence-corrected chi connectivity index (χ0v) is 11.0. The lowest BCUT2D eigenvalue weighted by molar-refractivity contribution is -0.135. The van der Waals surface area contributed by atoms with Gasteiger partial charge in [0.2, 0.25) is 5.91 Å². The lowest BCUT2D eigenvalue weighted by Crippen LogP contribution is -2.47. The largest absolute Gasteiger partial charge is 0.343 e. The second-order valence-corrected chi connectivity index (χ2v) is 5.29. The Morgan fingerprint density at radius 3 is 2.71 bits per heavy atom. The van der Waals surface area contributed by atoms with E-state index in [1.807, 2.05) is 4.90 Å². The van der Waals surface area contributed by atoms with Gasteiger partial charge in [0.15, 0.2) is 0 Å². The number of rotatable bonds is 4. The summed E-state index contributed by atoms with van der Waals surface area (Å²) in [7, 11) is 0. The molecule has 98 valence electrons. The number of piperidine rings is 1. The van der Waals surface area contributed by atoms with E-state index in [0.29, 0.717) is 11.8 Å². The van der Waals surface area contributed by atoms with Gasteiger partial charge in [0.1, 0.15) is 0 Å². The molecular formula is C13H25N3O. The Morgan fingerprint density at radius 1 is 1.29 bits per heavy atom. The molecule has 4 heteroatoms. The van der Waals surface area contributed by atoms with E-state index in [1.54, 1.807) is 0 Å².